The predicted molar refractivity (Wildman–Crippen MR) is 243 cm³/mol. The van der Waals surface area contributed by atoms with Crippen molar-refractivity contribution >= 4 is 32.7 Å². The fraction of sp³-hybridized carbons (Fsp3) is 0. The van der Waals surface area contributed by atoms with E-state index in [1.54, 1.807) is 0 Å². The molecule has 0 unspecified atom stereocenters. The Kier molecular flexibility index (Phi) is 8.45. The summed E-state index contributed by atoms with van der Waals surface area (Å²) in [7, 11) is 0. The Bertz CT molecular complexity index is 3280. The number of fused-ring (bicyclic) bond motifs is 4. The van der Waals surface area contributed by atoms with Crippen LogP contribution in [0.4, 0.5) is 0 Å². The lowest BCUT2D eigenvalue weighted by molar-refractivity contribution is 0.669. The minimum Gasteiger partial charge on any atom is -0.456 e. The van der Waals surface area contributed by atoms with Crippen LogP contribution in [0.1, 0.15) is 0 Å². The Hall–Kier alpha value is -7.95. The van der Waals surface area contributed by atoms with Gasteiger partial charge in [-0.15, -0.1) is 0 Å². The molecule has 4 heteroatoms. The second-order valence-electron chi connectivity index (χ2n) is 14.8. The quantitative estimate of drug-likeness (QED) is 0.163. The predicted octanol–water partition coefficient (Wildman–Crippen LogP) is 14.6. The van der Waals surface area contributed by atoms with Crippen LogP contribution in [0.2, 0.25) is 0 Å². The molecule has 4 nitrogen and oxygen atoms in total. The van der Waals surface area contributed by atoms with Gasteiger partial charge in [-0.1, -0.05) is 182 Å². The molecule has 2 aromatic heterocycles. The average Bonchev–Trinajstić information content (AvgIpc) is 3.70. The highest BCUT2D eigenvalue weighted by molar-refractivity contribution is 6.13. The first-order valence-electron chi connectivity index (χ1n) is 19.8. The van der Waals surface area contributed by atoms with E-state index < -0.39 is 0 Å². The third-order valence-corrected chi connectivity index (χ3v) is 11.1. The van der Waals surface area contributed by atoms with Crippen molar-refractivity contribution in [2.45, 2.75) is 0 Å². The minimum absolute atomic E-state index is 0.578. The fourth-order valence-electron chi connectivity index (χ4n) is 8.08. The summed E-state index contributed by atoms with van der Waals surface area (Å²) in [4.78, 5) is 15.4. The highest BCUT2D eigenvalue weighted by Gasteiger charge is 2.17. The highest BCUT2D eigenvalue weighted by atomic mass is 16.3. The van der Waals surface area contributed by atoms with Crippen LogP contribution in [0, 0.1) is 0 Å². The van der Waals surface area contributed by atoms with Crippen LogP contribution >= 0.6 is 0 Å². The Morgan fingerprint density at radius 3 is 1.32 bits per heavy atom. The van der Waals surface area contributed by atoms with Crippen molar-refractivity contribution in [2.75, 3.05) is 0 Å². The van der Waals surface area contributed by atoms with Gasteiger partial charge in [-0.3, -0.25) is 0 Å². The van der Waals surface area contributed by atoms with Gasteiger partial charge in [0.15, 0.2) is 17.5 Å². The summed E-state index contributed by atoms with van der Waals surface area (Å²) in [5.41, 5.74) is 13.6. The van der Waals surface area contributed by atoms with E-state index in [-0.39, 0.29) is 0 Å². The lowest BCUT2D eigenvalue weighted by Crippen LogP contribution is -2.00. The van der Waals surface area contributed by atoms with Crippen molar-refractivity contribution < 1.29 is 4.42 Å². The molecule has 0 spiro atoms. The van der Waals surface area contributed by atoms with E-state index in [0.29, 0.717) is 17.5 Å². The molecule has 0 aliphatic rings. The van der Waals surface area contributed by atoms with Gasteiger partial charge in [0.25, 0.3) is 0 Å². The summed E-state index contributed by atoms with van der Waals surface area (Å²) < 4.78 is 6.58. The van der Waals surface area contributed by atoms with Gasteiger partial charge >= 0.3 is 0 Å². The first-order chi connectivity index (χ1) is 29.2. The van der Waals surface area contributed by atoms with Crippen LogP contribution in [-0.4, -0.2) is 15.0 Å². The van der Waals surface area contributed by atoms with Crippen molar-refractivity contribution in [2.24, 2.45) is 0 Å². The van der Waals surface area contributed by atoms with E-state index in [4.69, 9.17) is 19.4 Å². The lowest BCUT2D eigenvalue weighted by atomic mass is 9.96. The zero-order chi connectivity index (χ0) is 39.1. The molecule has 9 aromatic carbocycles. The first-order valence-corrected chi connectivity index (χ1v) is 19.8. The Labute approximate surface area is 341 Å². The maximum absolute atomic E-state index is 6.58. The van der Waals surface area contributed by atoms with Crippen LogP contribution in [-0.2, 0) is 0 Å². The maximum atomic E-state index is 6.58. The Balaban J connectivity index is 1.02. The molecule has 0 fully saturated rings. The number of nitrogens with zero attached hydrogens (tertiary/aromatic N) is 3. The molecule has 11 aromatic rings. The lowest BCUT2D eigenvalue weighted by Gasteiger charge is -2.10. The average molecular weight is 754 g/mol. The molecule has 0 saturated heterocycles. The van der Waals surface area contributed by atoms with Gasteiger partial charge < -0.3 is 4.42 Å². The van der Waals surface area contributed by atoms with Gasteiger partial charge in [0.1, 0.15) is 11.2 Å². The molecular weight excluding hydrogens is 719 g/mol. The van der Waals surface area contributed by atoms with Crippen LogP contribution in [0.15, 0.2) is 217 Å². The van der Waals surface area contributed by atoms with Crippen LogP contribution in [0.25, 0.3) is 111 Å². The van der Waals surface area contributed by atoms with Gasteiger partial charge in [-0.2, -0.15) is 0 Å². The second kappa shape index (κ2) is 14.5. The third-order valence-electron chi connectivity index (χ3n) is 11.1. The van der Waals surface area contributed by atoms with Gasteiger partial charge in [-0.05, 0) is 85.6 Å². The zero-order valence-electron chi connectivity index (χ0n) is 32.0. The molecule has 59 heavy (non-hydrogen) atoms. The molecule has 0 N–H and O–H groups in total. The molecule has 11 rings (SSSR count). The van der Waals surface area contributed by atoms with Crippen molar-refractivity contribution in [1.82, 2.24) is 15.0 Å². The minimum atomic E-state index is 0.578. The van der Waals surface area contributed by atoms with Gasteiger partial charge in [0, 0.05) is 27.5 Å². The molecule has 0 saturated carbocycles. The Morgan fingerprint density at radius 1 is 0.271 bits per heavy atom. The van der Waals surface area contributed by atoms with Crippen LogP contribution in [0.5, 0.6) is 0 Å². The van der Waals surface area contributed by atoms with Crippen molar-refractivity contribution in [3.05, 3.63) is 212 Å². The summed E-state index contributed by atoms with van der Waals surface area (Å²) in [5.74, 6) is 1.79. The van der Waals surface area contributed by atoms with Crippen LogP contribution < -0.4 is 0 Å². The molecule has 0 atom stereocenters. The van der Waals surface area contributed by atoms with Crippen LogP contribution in [0.3, 0.4) is 0 Å². The molecule has 0 amide bonds. The first kappa shape index (κ1) is 34.3. The number of aromatic nitrogens is 3. The monoisotopic (exact) mass is 753 g/mol. The van der Waals surface area contributed by atoms with E-state index in [1.807, 2.05) is 24.3 Å². The summed E-state index contributed by atoms with van der Waals surface area (Å²) in [6, 6.07) is 74.1. The SMILES string of the molecule is c1ccc(-c2ccc(-c3nc(-c4ccc5ccc(-c6ccccc6)cc5c4)nc(-c4ccc5c(c4)oc4cccc(-c6ccc(-c7ccccc7)cc6)c45)n3)cc2)cc1. The van der Waals surface area contributed by atoms with E-state index >= 15 is 0 Å². The molecular formula is C55H35N3O. The third kappa shape index (κ3) is 6.53. The highest BCUT2D eigenvalue weighted by Crippen LogP contribution is 2.39. The second-order valence-corrected chi connectivity index (χ2v) is 14.8. The summed E-state index contributed by atoms with van der Waals surface area (Å²) in [6.07, 6.45) is 0. The van der Waals surface area contributed by atoms with E-state index in [2.05, 4.69) is 188 Å². The molecule has 0 bridgehead atoms. The zero-order valence-corrected chi connectivity index (χ0v) is 32.0. The van der Waals surface area contributed by atoms with Gasteiger partial charge in [-0.25, -0.2) is 15.0 Å². The van der Waals surface area contributed by atoms with Gasteiger partial charge in [0.2, 0.25) is 0 Å². The standard InChI is InChI=1S/C55H35N3O/c1-4-11-36(12-5-1)39-19-25-42(26-20-39)48-17-10-18-50-52(48)49-32-31-46(35-51(49)59-50)55-57-53(43-27-21-40(22-28-43)37-13-6-2-7-14-37)56-54(58-55)45-30-24-41-23-29-44(33-47(41)34-45)38-15-8-3-9-16-38/h1-35H. The smallest absolute Gasteiger partial charge is 0.164 e. The molecule has 0 aliphatic heterocycles. The van der Waals surface area contributed by atoms with Crippen molar-refractivity contribution in [3.8, 4) is 78.7 Å². The van der Waals surface area contributed by atoms with Gasteiger partial charge in [0.05, 0.1) is 0 Å². The van der Waals surface area contributed by atoms with Crippen molar-refractivity contribution in [3.63, 3.8) is 0 Å². The summed E-state index contributed by atoms with van der Waals surface area (Å²) in [6.45, 7) is 0. The summed E-state index contributed by atoms with van der Waals surface area (Å²) in [5, 5.41) is 4.40. The normalized spacial score (nSPS) is 11.4. The number of rotatable bonds is 7. The number of furan rings is 1. The largest absolute Gasteiger partial charge is 0.456 e. The fourth-order valence-corrected chi connectivity index (χ4v) is 8.08. The molecule has 2 heterocycles. The number of hydrogen-bond acceptors (Lipinski definition) is 4. The number of hydrogen-bond donors (Lipinski definition) is 0. The molecule has 276 valence electrons. The Morgan fingerprint density at radius 2 is 0.712 bits per heavy atom. The topological polar surface area (TPSA) is 51.8 Å². The maximum Gasteiger partial charge on any atom is 0.164 e. The molecule has 0 radical (unpaired) electrons. The van der Waals surface area contributed by atoms with E-state index in [1.165, 1.54) is 16.7 Å². The number of benzene rings is 9. The molecule has 0 aliphatic carbocycles. The summed E-state index contributed by atoms with van der Waals surface area (Å²) >= 11 is 0. The van der Waals surface area contributed by atoms with Crippen molar-refractivity contribution in [1.29, 1.82) is 0 Å². The van der Waals surface area contributed by atoms with E-state index in [9.17, 15) is 0 Å². The van der Waals surface area contributed by atoms with E-state index in [0.717, 1.165) is 77.2 Å².